The van der Waals surface area contributed by atoms with E-state index in [-0.39, 0.29) is 17.4 Å². The molecule has 1 aliphatic rings. The smallest absolute Gasteiger partial charge is 0.250 e. The first-order valence-corrected chi connectivity index (χ1v) is 11.9. The van der Waals surface area contributed by atoms with Crippen molar-refractivity contribution in [3.8, 4) is 17.1 Å². The molecule has 1 aliphatic carbocycles. The number of halogens is 1. The fourth-order valence-corrected chi connectivity index (χ4v) is 4.70. The van der Waals surface area contributed by atoms with Crippen molar-refractivity contribution in [1.82, 2.24) is 20.2 Å². The van der Waals surface area contributed by atoms with Gasteiger partial charge in [0.15, 0.2) is 11.0 Å². The first-order valence-electron chi connectivity index (χ1n) is 10.6. The Kier molecular flexibility index (Phi) is 7.44. The van der Waals surface area contributed by atoms with Crippen LogP contribution < -0.4 is 5.43 Å². The van der Waals surface area contributed by atoms with Gasteiger partial charge >= 0.3 is 0 Å². The lowest BCUT2D eigenvalue weighted by atomic mass is 9.95. The minimum absolute atomic E-state index is 0.107. The van der Waals surface area contributed by atoms with Gasteiger partial charge in [0.1, 0.15) is 5.75 Å². The number of rotatable bonds is 7. The minimum atomic E-state index is -0.257. The second-order valence-corrected chi connectivity index (χ2v) is 8.99. The van der Waals surface area contributed by atoms with Crippen molar-refractivity contribution < 1.29 is 9.90 Å². The van der Waals surface area contributed by atoms with Crippen LogP contribution in [0.2, 0.25) is 5.02 Å². The molecule has 32 heavy (non-hydrogen) atoms. The van der Waals surface area contributed by atoms with Gasteiger partial charge in [0.05, 0.1) is 12.0 Å². The second-order valence-electron chi connectivity index (χ2n) is 7.62. The van der Waals surface area contributed by atoms with E-state index in [9.17, 15) is 9.90 Å². The Morgan fingerprint density at radius 3 is 2.66 bits per heavy atom. The van der Waals surface area contributed by atoms with Gasteiger partial charge < -0.3 is 5.11 Å². The predicted octanol–water partition coefficient (Wildman–Crippen LogP) is 5.05. The number of amides is 1. The lowest BCUT2D eigenvalue weighted by molar-refractivity contribution is -0.118. The first-order chi connectivity index (χ1) is 15.6. The number of phenolic OH excluding ortho intramolecular Hbond substituents is 1. The summed E-state index contributed by atoms with van der Waals surface area (Å²) >= 11 is 7.39. The summed E-state index contributed by atoms with van der Waals surface area (Å²) in [4.78, 5) is 12.3. The average Bonchev–Trinajstić information content (AvgIpc) is 3.24. The van der Waals surface area contributed by atoms with Crippen LogP contribution in [0.4, 0.5) is 0 Å². The van der Waals surface area contributed by atoms with E-state index in [2.05, 4.69) is 25.3 Å². The summed E-state index contributed by atoms with van der Waals surface area (Å²) in [7, 11) is 0. The Morgan fingerprint density at radius 1 is 1.16 bits per heavy atom. The molecular weight excluding hydrogens is 446 g/mol. The molecule has 0 bridgehead atoms. The molecule has 1 heterocycles. The standard InChI is InChI=1S/C23H24ClN5O2S/c24-18-12-10-16(11-13-18)22-27-28-23(29(22)19-7-2-1-3-8-19)32-15-21(31)26-25-14-17-6-4-5-9-20(17)30/h4-6,9-14,19,30H,1-3,7-8,15H2,(H,26,31)/b25-14+. The number of para-hydroxylation sites is 1. The largest absolute Gasteiger partial charge is 0.507 e. The number of nitrogens with zero attached hydrogens (tertiary/aromatic N) is 4. The molecule has 4 rings (SSSR count). The van der Waals surface area contributed by atoms with E-state index in [0.29, 0.717) is 16.6 Å². The molecule has 2 aromatic carbocycles. The highest BCUT2D eigenvalue weighted by molar-refractivity contribution is 7.99. The Bertz CT molecular complexity index is 1090. The number of benzene rings is 2. The summed E-state index contributed by atoms with van der Waals surface area (Å²) in [5.41, 5.74) is 3.99. The molecular formula is C23H24ClN5O2S. The maximum Gasteiger partial charge on any atom is 0.250 e. The van der Waals surface area contributed by atoms with Gasteiger partial charge in [-0.25, -0.2) is 5.43 Å². The van der Waals surface area contributed by atoms with Crippen LogP contribution in [0.3, 0.4) is 0 Å². The highest BCUT2D eigenvalue weighted by Gasteiger charge is 2.24. The third kappa shape index (κ3) is 5.49. The summed E-state index contributed by atoms with van der Waals surface area (Å²) in [6.45, 7) is 0. The number of aromatic hydroxyl groups is 1. The number of nitrogens with one attached hydrogen (secondary N) is 1. The molecule has 2 N–H and O–H groups in total. The van der Waals surface area contributed by atoms with Crippen molar-refractivity contribution >= 4 is 35.5 Å². The van der Waals surface area contributed by atoms with E-state index in [1.54, 1.807) is 24.3 Å². The Hall–Kier alpha value is -2.84. The number of hydrogen-bond acceptors (Lipinski definition) is 6. The lowest BCUT2D eigenvalue weighted by Crippen LogP contribution is -2.20. The van der Waals surface area contributed by atoms with Gasteiger partial charge in [-0.05, 0) is 49.2 Å². The van der Waals surface area contributed by atoms with Crippen LogP contribution in [-0.2, 0) is 4.79 Å². The number of thioether (sulfide) groups is 1. The van der Waals surface area contributed by atoms with Gasteiger partial charge in [-0.15, -0.1) is 10.2 Å². The number of carbonyl (C=O) groups excluding carboxylic acids is 1. The first kappa shape index (κ1) is 22.4. The van der Waals surface area contributed by atoms with Crippen molar-refractivity contribution in [3.63, 3.8) is 0 Å². The fraction of sp³-hybridized carbons (Fsp3) is 0.304. The zero-order valence-corrected chi connectivity index (χ0v) is 19.0. The highest BCUT2D eigenvalue weighted by atomic mass is 35.5. The minimum Gasteiger partial charge on any atom is -0.507 e. The zero-order chi connectivity index (χ0) is 22.3. The van der Waals surface area contributed by atoms with Crippen LogP contribution >= 0.6 is 23.4 Å². The molecule has 1 fully saturated rings. The van der Waals surface area contributed by atoms with E-state index in [1.165, 1.54) is 37.2 Å². The molecule has 0 radical (unpaired) electrons. The molecule has 166 valence electrons. The zero-order valence-electron chi connectivity index (χ0n) is 17.4. The molecule has 0 spiro atoms. The van der Waals surface area contributed by atoms with Crippen molar-refractivity contribution in [2.75, 3.05) is 5.75 Å². The summed E-state index contributed by atoms with van der Waals surface area (Å²) in [5, 5.41) is 23.9. The number of phenols is 1. The lowest BCUT2D eigenvalue weighted by Gasteiger charge is -2.25. The third-order valence-corrected chi connectivity index (χ3v) is 6.56. The van der Waals surface area contributed by atoms with Crippen LogP contribution in [0.5, 0.6) is 5.75 Å². The SMILES string of the molecule is O=C(CSc1nnc(-c2ccc(Cl)cc2)n1C1CCCCC1)N/N=C/c1ccccc1O. The van der Waals surface area contributed by atoms with E-state index in [4.69, 9.17) is 11.6 Å². The molecule has 9 heteroatoms. The monoisotopic (exact) mass is 469 g/mol. The molecule has 1 saturated carbocycles. The predicted molar refractivity (Wildman–Crippen MR) is 127 cm³/mol. The van der Waals surface area contributed by atoms with Gasteiger partial charge in [0.25, 0.3) is 5.91 Å². The number of carbonyl (C=O) groups is 1. The van der Waals surface area contributed by atoms with Gasteiger partial charge in [0, 0.05) is 22.2 Å². The maximum absolute atomic E-state index is 12.3. The Labute approximate surface area is 195 Å². The fourth-order valence-electron chi connectivity index (χ4n) is 3.77. The summed E-state index contributed by atoms with van der Waals surface area (Å²) in [5.74, 6) is 0.806. The van der Waals surface area contributed by atoms with Gasteiger partial charge in [-0.1, -0.05) is 54.8 Å². The van der Waals surface area contributed by atoms with Gasteiger partial charge in [-0.2, -0.15) is 5.10 Å². The summed E-state index contributed by atoms with van der Waals surface area (Å²) in [6, 6.07) is 14.7. The molecule has 0 atom stereocenters. The molecule has 3 aromatic rings. The van der Waals surface area contributed by atoms with Crippen LogP contribution in [0, 0.1) is 0 Å². The molecule has 0 unspecified atom stereocenters. The summed E-state index contributed by atoms with van der Waals surface area (Å²) < 4.78 is 2.17. The van der Waals surface area contributed by atoms with Gasteiger partial charge in [0.2, 0.25) is 0 Å². The van der Waals surface area contributed by atoms with Crippen molar-refractivity contribution in [2.24, 2.45) is 5.10 Å². The highest BCUT2D eigenvalue weighted by Crippen LogP contribution is 2.35. The summed E-state index contributed by atoms with van der Waals surface area (Å²) in [6.07, 6.45) is 7.16. The second kappa shape index (κ2) is 10.7. The topological polar surface area (TPSA) is 92.4 Å². The van der Waals surface area contributed by atoms with Crippen molar-refractivity contribution in [2.45, 2.75) is 43.3 Å². The van der Waals surface area contributed by atoms with Gasteiger partial charge in [-0.3, -0.25) is 9.36 Å². The van der Waals surface area contributed by atoms with Crippen LogP contribution in [0.1, 0.15) is 43.7 Å². The van der Waals surface area contributed by atoms with E-state index in [0.717, 1.165) is 29.4 Å². The van der Waals surface area contributed by atoms with E-state index in [1.807, 2.05) is 24.3 Å². The molecule has 0 saturated heterocycles. The average molecular weight is 470 g/mol. The van der Waals surface area contributed by atoms with Crippen LogP contribution in [0.25, 0.3) is 11.4 Å². The maximum atomic E-state index is 12.3. The normalized spacial score (nSPS) is 14.7. The van der Waals surface area contributed by atoms with E-state index < -0.39 is 0 Å². The van der Waals surface area contributed by atoms with E-state index >= 15 is 0 Å². The Balaban J connectivity index is 1.46. The number of aromatic nitrogens is 3. The quantitative estimate of drug-likeness (QED) is 0.287. The van der Waals surface area contributed by atoms with Crippen molar-refractivity contribution in [3.05, 3.63) is 59.1 Å². The third-order valence-electron chi connectivity index (χ3n) is 5.37. The Morgan fingerprint density at radius 2 is 1.91 bits per heavy atom. The van der Waals surface area contributed by atoms with Crippen LogP contribution in [-0.4, -0.2) is 37.7 Å². The molecule has 7 nitrogen and oxygen atoms in total. The number of hydrazone groups is 1. The van der Waals surface area contributed by atoms with Crippen LogP contribution in [0.15, 0.2) is 58.8 Å². The molecule has 1 amide bonds. The molecule has 1 aromatic heterocycles. The molecule has 0 aliphatic heterocycles. The number of hydrogen-bond donors (Lipinski definition) is 2. The van der Waals surface area contributed by atoms with Crippen molar-refractivity contribution in [1.29, 1.82) is 0 Å².